The predicted octanol–water partition coefficient (Wildman–Crippen LogP) is 1.09. The van der Waals surface area contributed by atoms with Crippen molar-refractivity contribution in [2.75, 3.05) is 33.0 Å². The number of rotatable bonds is 2. The molecule has 0 unspecified atom stereocenters. The van der Waals surface area contributed by atoms with E-state index in [1.165, 1.54) is 7.11 Å². The number of likely N-dealkylation sites (tertiary alicyclic amines) is 1. The number of hydrogen-bond acceptors (Lipinski definition) is 4. The van der Waals surface area contributed by atoms with Crippen molar-refractivity contribution in [3.8, 4) is 0 Å². The zero-order chi connectivity index (χ0) is 12.4. The number of carbonyl (C=O) groups is 1. The van der Waals surface area contributed by atoms with Crippen LogP contribution < -0.4 is 5.73 Å². The SMILES string of the molecule is COC(=O)[C@@H]1CN(C)C[C@H]1c1cccc(N)c1. The van der Waals surface area contributed by atoms with E-state index >= 15 is 0 Å². The lowest BCUT2D eigenvalue weighted by atomic mass is 9.89. The summed E-state index contributed by atoms with van der Waals surface area (Å²) in [4.78, 5) is 13.9. The number of hydrogen-bond donors (Lipinski definition) is 1. The van der Waals surface area contributed by atoms with Crippen LogP contribution in [0.15, 0.2) is 24.3 Å². The molecule has 0 radical (unpaired) electrons. The highest BCUT2D eigenvalue weighted by Crippen LogP contribution is 2.33. The molecule has 0 aliphatic carbocycles. The van der Waals surface area contributed by atoms with Crippen LogP contribution >= 0.6 is 0 Å². The second kappa shape index (κ2) is 4.75. The van der Waals surface area contributed by atoms with E-state index in [2.05, 4.69) is 4.90 Å². The van der Waals surface area contributed by atoms with E-state index in [-0.39, 0.29) is 17.8 Å². The Kier molecular flexibility index (Phi) is 3.33. The van der Waals surface area contributed by atoms with Crippen molar-refractivity contribution < 1.29 is 9.53 Å². The van der Waals surface area contributed by atoms with Crippen molar-refractivity contribution in [2.45, 2.75) is 5.92 Å². The number of nitrogens with two attached hydrogens (primary N) is 1. The first-order valence-corrected chi connectivity index (χ1v) is 5.73. The summed E-state index contributed by atoms with van der Waals surface area (Å²) in [5, 5.41) is 0. The van der Waals surface area contributed by atoms with Gasteiger partial charge in [0.2, 0.25) is 0 Å². The molecule has 0 aromatic heterocycles. The summed E-state index contributed by atoms with van der Waals surface area (Å²) in [5.74, 6) is -0.0514. The Hall–Kier alpha value is -1.55. The highest BCUT2D eigenvalue weighted by Gasteiger charge is 2.37. The maximum atomic E-state index is 11.7. The number of carbonyl (C=O) groups excluding carboxylic acids is 1. The molecule has 1 aliphatic heterocycles. The molecule has 1 aromatic carbocycles. The highest BCUT2D eigenvalue weighted by molar-refractivity contribution is 5.74. The molecule has 0 bridgehead atoms. The minimum Gasteiger partial charge on any atom is -0.469 e. The molecule has 17 heavy (non-hydrogen) atoms. The minimum atomic E-state index is -0.137. The lowest BCUT2D eigenvalue weighted by molar-refractivity contribution is -0.145. The van der Waals surface area contributed by atoms with Gasteiger partial charge in [-0.15, -0.1) is 0 Å². The third-order valence-corrected chi connectivity index (χ3v) is 3.35. The normalized spacial score (nSPS) is 24.8. The first kappa shape index (κ1) is 11.9. The van der Waals surface area contributed by atoms with Crippen LogP contribution in [0.25, 0.3) is 0 Å². The summed E-state index contributed by atoms with van der Waals surface area (Å²) < 4.78 is 4.87. The molecule has 2 rings (SSSR count). The van der Waals surface area contributed by atoms with E-state index in [1.54, 1.807) is 0 Å². The molecule has 4 nitrogen and oxygen atoms in total. The summed E-state index contributed by atoms with van der Waals surface area (Å²) in [5.41, 5.74) is 7.64. The zero-order valence-electron chi connectivity index (χ0n) is 10.2. The van der Waals surface area contributed by atoms with Gasteiger partial charge in [-0.1, -0.05) is 12.1 Å². The topological polar surface area (TPSA) is 55.6 Å². The number of nitrogen functional groups attached to an aromatic ring is 1. The number of nitrogens with zero attached hydrogens (tertiary/aromatic N) is 1. The Labute approximate surface area is 101 Å². The summed E-state index contributed by atoms with van der Waals surface area (Å²) in [6, 6.07) is 7.75. The smallest absolute Gasteiger partial charge is 0.310 e. The summed E-state index contributed by atoms with van der Waals surface area (Å²) in [6.07, 6.45) is 0. The first-order chi connectivity index (χ1) is 8.11. The van der Waals surface area contributed by atoms with Crippen molar-refractivity contribution in [1.82, 2.24) is 4.90 Å². The zero-order valence-corrected chi connectivity index (χ0v) is 10.2. The quantitative estimate of drug-likeness (QED) is 0.614. The fraction of sp³-hybridized carbons (Fsp3) is 0.462. The van der Waals surface area contributed by atoms with Gasteiger partial charge >= 0.3 is 5.97 Å². The maximum Gasteiger partial charge on any atom is 0.310 e. The van der Waals surface area contributed by atoms with E-state index in [0.717, 1.165) is 24.3 Å². The summed E-state index contributed by atoms with van der Waals surface area (Å²) in [7, 11) is 3.46. The molecule has 1 fully saturated rings. The molecule has 1 saturated heterocycles. The van der Waals surface area contributed by atoms with Crippen LogP contribution in [0, 0.1) is 5.92 Å². The molecule has 1 heterocycles. The van der Waals surface area contributed by atoms with Gasteiger partial charge in [-0.2, -0.15) is 0 Å². The average Bonchev–Trinajstić information content (AvgIpc) is 2.70. The number of methoxy groups -OCH3 is 1. The Morgan fingerprint density at radius 3 is 2.88 bits per heavy atom. The Morgan fingerprint density at radius 2 is 2.24 bits per heavy atom. The number of benzene rings is 1. The van der Waals surface area contributed by atoms with Gasteiger partial charge in [0.25, 0.3) is 0 Å². The number of anilines is 1. The molecular weight excluding hydrogens is 216 g/mol. The summed E-state index contributed by atoms with van der Waals surface area (Å²) >= 11 is 0. The van der Waals surface area contributed by atoms with Crippen molar-refractivity contribution in [1.29, 1.82) is 0 Å². The van der Waals surface area contributed by atoms with Crippen LogP contribution in [0.3, 0.4) is 0 Å². The van der Waals surface area contributed by atoms with Gasteiger partial charge in [0, 0.05) is 24.7 Å². The molecular formula is C13H18N2O2. The van der Waals surface area contributed by atoms with Gasteiger partial charge in [0.05, 0.1) is 13.0 Å². The fourth-order valence-corrected chi connectivity index (χ4v) is 2.52. The molecule has 2 atom stereocenters. The third kappa shape index (κ3) is 2.42. The van der Waals surface area contributed by atoms with Gasteiger partial charge < -0.3 is 15.4 Å². The van der Waals surface area contributed by atoms with Crippen LogP contribution in [0.5, 0.6) is 0 Å². The Bertz CT molecular complexity index is 420. The highest BCUT2D eigenvalue weighted by atomic mass is 16.5. The molecule has 0 spiro atoms. The second-order valence-electron chi connectivity index (χ2n) is 4.63. The van der Waals surface area contributed by atoms with E-state index < -0.39 is 0 Å². The van der Waals surface area contributed by atoms with Gasteiger partial charge in [0.1, 0.15) is 0 Å². The fourth-order valence-electron chi connectivity index (χ4n) is 2.52. The van der Waals surface area contributed by atoms with Gasteiger partial charge in [0.15, 0.2) is 0 Å². The van der Waals surface area contributed by atoms with Crippen molar-refractivity contribution in [3.05, 3.63) is 29.8 Å². The maximum absolute atomic E-state index is 11.7. The average molecular weight is 234 g/mol. The molecule has 1 aromatic rings. The molecule has 0 amide bonds. The monoisotopic (exact) mass is 234 g/mol. The molecule has 2 N–H and O–H groups in total. The predicted molar refractivity (Wildman–Crippen MR) is 66.6 cm³/mol. The van der Waals surface area contributed by atoms with E-state index in [0.29, 0.717) is 0 Å². The van der Waals surface area contributed by atoms with Gasteiger partial charge in [-0.3, -0.25) is 4.79 Å². The van der Waals surface area contributed by atoms with Crippen LogP contribution in [-0.4, -0.2) is 38.1 Å². The summed E-state index contributed by atoms with van der Waals surface area (Å²) in [6.45, 7) is 1.61. The molecule has 1 aliphatic rings. The van der Waals surface area contributed by atoms with Gasteiger partial charge in [-0.05, 0) is 24.7 Å². The molecule has 4 heteroatoms. The standard InChI is InChI=1S/C13H18N2O2/c1-15-7-11(12(8-15)13(16)17-2)9-4-3-5-10(14)6-9/h3-6,11-12H,7-8,14H2,1-2H3/t11-,12+/m0/s1. The van der Waals surface area contributed by atoms with Crippen molar-refractivity contribution in [2.24, 2.45) is 5.92 Å². The van der Waals surface area contributed by atoms with E-state index in [1.807, 2.05) is 31.3 Å². The van der Waals surface area contributed by atoms with Crippen LogP contribution in [-0.2, 0) is 9.53 Å². The second-order valence-corrected chi connectivity index (χ2v) is 4.63. The van der Waals surface area contributed by atoms with E-state index in [4.69, 9.17) is 10.5 Å². The number of esters is 1. The molecule has 0 saturated carbocycles. The lowest BCUT2D eigenvalue weighted by Crippen LogP contribution is -2.23. The lowest BCUT2D eigenvalue weighted by Gasteiger charge is -2.16. The number of likely N-dealkylation sites (N-methyl/N-ethyl adjacent to an activating group) is 1. The molecule has 92 valence electrons. The van der Waals surface area contributed by atoms with Crippen LogP contribution in [0.1, 0.15) is 11.5 Å². The van der Waals surface area contributed by atoms with Crippen LogP contribution in [0.4, 0.5) is 5.69 Å². The van der Waals surface area contributed by atoms with Crippen LogP contribution in [0.2, 0.25) is 0 Å². The Balaban J connectivity index is 2.26. The minimum absolute atomic E-state index is 0.0909. The Morgan fingerprint density at radius 1 is 1.47 bits per heavy atom. The van der Waals surface area contributed by atoms with E-state index in [9.17, 15) is 4.79 Å². The van der Waals surface area contributed by atoms with Gasteiger partial charge in [-0.25, -0.2) is 0 Å². The number of ether oxygens (including phenoxy) is 1. The van der Waals surface area contributed by atoms with Crippen molar-refractivity contribution in [3.63, 3.8) is 0 Å². The third-order valence-electron chi connectivity index (χ3n) is 3.35. The first-order valence-electron chi connectivity index (χ1n) is 5.73. The van der Waals surface area contributed by atoms with Crippen molar-refractivity contribution >= 4 is 11.7 Å². The largest absolute Gasteiger partial charge is 0.469 e.